The molecule has 2 saturated heterocycles. The lowest BCUT2D eigenvalue weighted by molar-refractivity contribution is 0.0323. The lowest BCUT2D eigenvalue weighted by atomic mass is 9.89. The van der Waals surface area contributed by atoms with E-state index in [1.54, 1.807) is 0 Å². The maximum Gasteiger partial charge on any atom is 0.0348 e. The van der Waals surface area contributed by atoms with Crippen molar-refractivity contribution in [3.05, 3.63) is 0 Å². The van der Waals surface area contributed by atoms with Gasteiger partial charge in [0, 0.05) is 38.3 Å². The van der Waals surface area contributed by atoms with Gasteiger partial charge >= 0.3 is 0 Å². The summed E-state index contributed by atoms with van der Waals surface area (Å²) >= 11 is 2.09. The van der Waals surface area contributed by atoms with Gasteiger partial charge < -0.3 is 10.6 Å². The van der Waals surface area contributed by atoms with E-state index < -0.39 is 0 Å². The molecule has 4 heteroatoms. The Labute approximate surface area is 104 Å². The fraction of sp³-hybridized carbons (Fsp3) is 1.00. The normalized spacial score (nSPS) is 28.1. The van der Waals surface area contributed by atoms with E-state index in [2.05, 4.69) is 28.5 Å². The minimum atomic E-state index is 0.338. The molecule has 2 heterocycles. The molecule has 0 aromatic rings. The molecule has 2 aliphatic heterocycles. The van der Waals surface area contributed by atoms with Crippen LogP contribution in [0.3, 0.4) is 0 Å². The van der Waals surface area contributed by atoms with E-state index >= 15 is 0 Å². The molecule has 0 saturated carbocycles. The second-order valence-corrected chi connectivity index (χ2v) is 6.19. The number of nitrogens with zero attached hydrogens (tertiary/aromatic N) is 2. The standard InChI is InChI=1S/C12H25N3S/c1-2-14-5-7-15(8-6-14)12(11-13)3-9-16-10-4-12/h2-11,13H2,1H3. The molecular weight excluding hydrogens is 218 g/mol. The zero-order chi connectivity index (χ0) is 11.4. The molecule has 0 amide bonds. The van der Waals surface area contributed by atoms with E-state index in [9.17, 15) is 0 Å². The van der Waals surface area contributed by atoms with Crippen LogP contribution in [-0.4, -0.2) is 66.1 Å². The molecule has 2 rings (SSSR count). The van der Waals surface area contributed by atoms with Crippen LogP contribution in [-0.2, 0) is 0 Å². The van der Waals surface area contributed by atoms with Gasteiger partial charge in [0.25, 0.3) is 0 Å². The topological polar surface area (TPSA) is 32.5 Å². The van der Waals surface area contributed by atoms with Crippen molar-refractivity contribution in [3.63, 3.8) is 0 Å². The highest BCUT2D eigenvalue weighted by atomic mass is 32.2. The van der Waals surface area contributed by atoms with Crippen LogP contribution in [0.5, 0.6) is 0 Å². The number of likely N-dealkylation sites (N-methyl/N-ethyl adjacent to an activating group) is 1. The smallest absolute Gasteiger partial charge is 0.0348 e. The molecule has 0 unspecified atom stereocenters. The van der Waals surface area contributed by atoms with Gasteiger partial charge in [-0.3, -0.25) is 4.90 Å². The summed E-state index contributed by atoms with van der Waals surface area (Å²) in [5.41, 5.74) is 6.41. The van der Waals surface area contributed by atoms with Gasteiger partial charge in [-0.1, -0.05) is 6.92 Å². The molecule has 2 N–H and O–H groups in total. The van der Waals surface area contributed by atoms with Gasteiger partial charge in [-0.2, -0.15) is 11.8 Å². The highest BCUT2D eigenvalue weighted by Gasteiger charge is 2.37. The molecule has 2 aliphatic rings. The fourth-order valence-electron chi connectivity index (χ4n) is 2.94. The zero-order valence-electron chi connectivity index (χ0n) is 10.5. The summed E-state index contributed by atoms with van der Waals surface area (Å²) in [4.78, 5) is 5.22. The van der Waals surface area contributed by atoms with Crippen LogP contribution >= 0.6 is 11.8 Å². The molecule has 0 atom stereocenters. The summed E-state index contributed by atoms with van der Waals surface area (Å²) in [6, 6.07) is 0. The maximum atomic E-state index is 6.07. The van der Waals surface area contributed by atoms with Gasteiger partial charge in [0.1, 0.15) is 0 Å². The Morgan fingerprint density at radius 2 is 1.75 bits per heavy atom. The number of rotatable bonds is 3. The van der Waals surface area contributed by atoms with Crippen LogP contribution < -0.4 is 5.73 Å². The van der Waals surface area contributed by atoms with E-state index in [-0.39, 0.29) is 0 Å². The van der Waals surface area contributed by atoms with E-state index in [1.807, 2.05) is 0 Å². The Morgan fingerprint density at radius 1 is 1.12 bits per heavy atom. The fourth-order valence-corrected chi connectivity index (χ4v) is 4.19. The van der Waals surface area contributed by atoms with Crippen LogP contribution in [0.4, 0.5) is 0 Å². The van der Waals surface area contributed by atoms with Gasteiger partial charge in [-0.05, 0) is 30.9 Å². The average molecular weight is 243 g/mol. The largest absolute Gasteiger partial charge is 0.329 e. The number of nitrogens with two attached hydrogens (primary N) is 1. The third-order valence-corrected chi connectivity index (χ3v) is 5.28. The maximum absolute atomic E-state index is 6.07. The van der Waals surface area contributed by atoms with E-state index in [4.69, 9.17) is 5.73 Å². The summed E-state index contributed by atoms with van der Waals surface area (Å²) in [6.45, 7) is 9.19. The van der Waals surface area contributed by atoms with Crippen LogP contribution in [0.2, 0.25) is 0 Å². The second-order valence-electron chi connectivity index (χ2n) is 4.96. The molecule has 0 spiro atoms. The SMILES string of the molecule is CCN1CCN(C2(CN)CCSCC2)CC1. The minimum Gasteiger partial charge on any atom is -0.329 e. The summed E-state index contributed by atoms with van der Waals surface area (Å²) in [5.74, 6) is 2.59. The van der Waals surface area contributed by atoms with Crippen LogP contribution in [0.15, 0.2) is 0 Å². The average Bonchev–Trinajstić information content (AvgIpc) is 2.39. The van der Waals surface area contributed by atoms with Gasteiger partial charge in [0.15, 0.2) is 0 Å². The van der Waals surface area contributed by atoms with E-state index in [0.717, 1.165) is 6.54 Å². The van der Waals surface area contributed by atoms with Gasteiger partial charge in [-0.25, -0.2) is 0 Å². The first-order valence-electron chi connectivity index (χ1n) is 6.56. The molecule has 0 bridgehead atoms. The number of hydrogen-bond donors (Lipinski definition) is 1. The summed E-state index contributed by atoms with van der Waals surface area (Å²) in [7, 11) is 0. The Kier molecular flexibility index (Phi) is 4.53. The number of thioether (sulfide) groups is 1. The van der Waals surface area contributed by atoms with Crippen LogP contribution in [0, 0.1) is 0 Å². The lowest BCUT2D eigenvalue weighted by Crippen LogP contribution is -2.61. The van der Waals surface area contributed by atoms with Gasteiger partial charge in [0.2, 0.25) is 0 Å². The van der Waals surface area contributed by atoms with Crippen molar-refractivity contribution in [3.8, 4) is 0 Å². The van der Waals surface area contributed by atoms with Crippen molar-refractivity contribution in [1.29, 1.82) is 0 Å². The first-order chi connectivity index (χ1) is 7.80. The van der Waals surface area contributed by atoms with Crippen molar-refractivity contribution < 1.29 is 0 Å². The predicted octanol–water partition coefficient (Wildman–Crippen LogP) is 0.848. The molecule has 2 fully saturated rings. The summed E-state index contributed by atoms with van der Waals surface area (Å²) in [5, 5.41) is 0. The Morgan fingerprint density at radius 3 is 2.25 bits per heavy atom. The molecule has 3 nitrogen and oxygen atoms in total. The highest BCUT2D eigenvalue weighted by Crippen LogP contribution is 2.32. The molecule has 0 radical (unpaired) electrons. The van der Waals surface area contributed by atoms with Crippen molar-refractivity contribution in [2.24, 2.45) is 5.73 Å². The third-order valence-electron chi connectivity index (χ3n) is 4.29. The van der Waals surface area contributed by atoms with Gasteiger partial charge in [0.05, 0.1) is 0 Å². The van der Waals surface area contributed by atoms with Crippen molar-refractivity contribution in [2.75, 3.05) is 50.8 Å². The van der Waals surface area contributed by atoms with E-state index in [1.165, 1.54) is 57.1 Å². The summed E-state index contributed by atoms with van der Waals surface area (Å²) in [6.07, 6.45) is 2.58. The minimum absolute atomic E-state index is 0.338. The monoisotopic (exact) mass is 243 g/mol. The quantitative estimate of drug-likeness (QED) is 0.796. The zero-order valence-corrected chi connectivity index (χ0v) is 11.3. The van der Waals surface area contributed by atoms with E-state index in [0.29, 0.717) is 5.54 Å². The first kappa shape index (κ1) is 12.7. The highest BCUT2D eigenvalue weighted by molar-refractivity contribution is 7.99. The van der Waals surface area contributed by atoms with Gasteiger partial charge in [-0.15, -0.1) is 0 Å². The Bertz CT molecular complexity index is 208. The molecular formula is C12H25N3S. The van der Waals surface area contributed by atoms with Crippen LogP contribution in [0.25, 0.3) is 0 Å². The molecule has 16 heavy (non-hydrogen) atoms. The van der Waals surface area contributed by atoms with Crippen molar-refractivity contribution >= 4 is 11.8 Å². The predicted molar refractivity (Wildman–Crippen MR) is 72.0 cm³/mol. The van der Waals surface area contributed by atoms with Crippen molar-refractivity contribution in [1.82, 2.24) is 9.80 Å². The molecule has 0 aliphatic carbocycles. The Balaban J connectivity index is 1.94. The summed E-state index contributed by atoms with van der Waals surface area (Å²) < 4.78 is 0. The number of piperazine rings is 1. The molecule has 94 valence electrons. The molecule has 0 aromatic carbocycles. The lowest BCUT2D eigenvalue weighted by Gasteiger charge is -2.49. The third kappa shape index (κ3) is 2.55. The second kappa shape index (κ2) is 5.71. The van der Waals surface area contributed by atoms with Crippen molar-refractivity contribution in [2.45, 2.75) is 25.3 Å². The number of hydrogen-bond acceptors (Lipinski definition) is 4. The Hall–Kier alpha value is 0.230. The van der Waals surface area contributed by atoms with Crippen LogP contribution in [0.1, 0.15) is 19.8 Å². The first-order valence-corrected chi connectivity index (χ1v) is 7.71. The molecule has 0 aromatic heterocycles.